The van der Waals surface area contributed by atoms with Crippen LogP contribution in [0, 0.1) is 0 Å². The minimum Gasteiger partial charge on any atom is -0.467 e. The Labute approximate surface area is 120 Å². The number of nitrogens with one attached hydrogen (secondary N) is 1. The second-order valence-corrected chi connectivity index (χ2v) is 5.01. The molecule has 0 saturated heterocycles. The van der Waals surface area contributed by atoms with Crippen LogP contribution in [0.1, 0.15) is 0 Å². The third-order valence-electron chi connectivity index (χ3n) is 2.17. The fourth-order valence-corrected chi connectivity index (χ4v) is 2.29. The zero-order valence-electron chi connectivity index (χ0n) is 10.3. The topological polar surface area (TPSA) is 59.9 Å². The number of ether oxygens (including phenoxy) is 1. The number of benzene rings is 1. The molecule has 5 nitrogen and oxygen atoms in total. The highest BCUT2D eigenvalue weighted by molar-refractivity contribution is 7.99. The zero-order valence-corrected chi connectivity index (χ0v) is 11.9. The van der Waals surface area contributed by atoms with Gasteiger partial charge in [0, 0.05) is 17.2 Å². The summed E-state index contributed by atoms with van der Waals surface area (Å²) >= 11 is 7.51. The molecule has 0 aliphatic heterocycles. The van der Waals surface area contributed by atoms with Crippen molar-refractivity contribution in [2.75, 3.05) is 24.7 Å². The van der Waals surface area contributed by atoms with Crippen LogP contribution in [0.4, 0.5) is 5.95 Å². The van der Waals surface area contributed by atoms with Gasteiger partial charge in [0.1, 0.15) is 0 Å². The number of nitrogens with zero attached hydrogens (tertiary/aromatic N) is 3. The number of rotatable bonds is 6. The van der Waals surface area contributed by atoms with Crippen molar-refractivity contribution in [1.29, 1.82) is 0 Å². The largest absolute Gasteiger partial charge is 0.467 e. The van der Waals surface area contributed by atoms with Crippen LogP contribution in [0.15, 0.2) is 35.2 Å². The first-order chi connectivity index (χ1) is 9.28. The molecule has 7 heteroatoms. The molecule has 0 radical (unpaired) electrons. The molecular weight excluding hydrogens is 284 g/mol. The van der Waals surface area contributed by atoms with Crippen LogP contribution in [0.2, 0.25) is 5.28 Å². The predicted molar refractivity (Wildman–Crippen MR) is 77.0 cm³/mol. The van der Waals surface area contributed by atoms with E-state index in [0.29, 0.717) is 5.95 Å². The fraction of sp³-hybridized carbons (Fsp3) is 0.250. The van der Waals surface area contributed by atoms with Gasteiger partial charge in [-0.05, 0) is 23.7 Å². The Balaban J connectivity index is 1.81. The average molecular weight is 297 g/mol. The molecule has 0 bridgehead atoms. The summed E-state index contributed by atoms with van der Waals surface area (Å²) in [5.41, 5.74) is 0. The van der Waals surface area contributed by atoms with Gasteiger partial charge in [0.15, 0.2) is 0 Å². The van der Waals surface area contributed by atoms with E-state index in [2.05, 4.69) is 32.4 Å². The van der Waals surface area contributed by atoms with Crippen molar-refractivity contribution in [3.8, 4) is 6.01 Å². The highest BCUT2D eigenvalue weighted by Crippen LogP contribution is 2.16. The molecule has 100 valence electrons. The smallest absolute Gasteiger partial charge is 0.322 e. The van der Waals surface area contributed by atoms with Crippen molar-refractivity contribution in [2.24, 2.45) is 0 Å². The monoisotopic (exact) mass is 296 g/mol. The molecule has 0 saturated carbocycles. The van der Waals surface area contributed by atoms with Gasteiger partial charge in [-0.2, -0.15) is 15.0 Å². The number of aromatic nitrogens is 3. The van der Waals surface area contributed by atoms with Crippen LogP contribution in [0.3, 0.4) is 0 Å². The van der Waals surface area contributed by atoms with Crippen LogP contribution < -0.4 is 10.1 Å². The van der Waals surface area contributed by atoms with E-state index >= 15 is 0 Å². The van der Waals surface area contributed by atoms with Crippen molar-refractivity contribution >= 4 is 29.3 Å². The molecule has 0 amide bonds. The van der Waals surface area contributed by atoms with Crippen molar-refractivity contribution in [3.05, 3.63) is 35.6 Å². The number of thioether (sulfide) groups is 1. The molecule has 0 unspecified atom stereocenters. The number of halogens is 1. The summed E-state index contributed by atoms with van der Waals surface area (Å²) in [6.45, 7) is 0.725. The van der Waals surface area contributed by atoms with Gasteiger partial charge in [-0.1, -0.05) is 18.2 Å². The number of hydrogen-bond acceptors (Lipinski definition) is 6. The zero-order chi connectivity index (χ0) is 13.5. The third-order valence-corrected chi connectivity index (χ3v) is 3.35. The molecule has 1 aromatic carbocycles. The van der Waals surface area contributed by atoms with Gasteiger partial charge >= 0.3 is 6.01 Å². The highest BCUT2D eigenvalue weighted by Gasteiger charge is 2.04. The fourth-order valence-electron chi connectivity index (χ4n) is 1.35. The van der Waals surface area contributed by atoms with E-state index in [0.717, 1.165) is 12.3 Å². The van der Waals surface area contributed by atoms with Crippen LogP contribution in [-0.2, 0) is 0 Å². The molecule has 1 heterocycles. The summed E-state index contributed by atoms with van der Waals surface area (Å²) in [6, 6.07) is 10.4. The van der Waals surface area contributed by atoms with Gasteiger partial charge in [0.25, 0.3) is 0 Å². The minimum atomic E-state index is 0.116. The molecule has 1 aromatic heterocycles. The average Bonchev–Trinajstić information content (AvgIpc) is 2.44. The Morgan fingerprint density at radius 3 is 2.74 bits per heavy atom. The standard InChI is InChI=1S/C12H13ClN4OS/c1-18-12-16-10(13)15-11(17-12)14-7-8-19-9-5-3-2-4-6-9/h2-6H,7-8H2,1H3,(H,14,15,16,17). The van der Waals surface area contributed by atoms with Crippen LogP contribution in [0.5, 0.6) is 6.01 Å². The van der Waals surface area contributed by atoms with Gasteiger partial charge < -0.3 is 10.1 Å². The Morgan fingerprint density at radius 1 is 1.21 bits per heavy atom. The Bertz CT molecular complexity index is 526. The molecule has 2 rings (SSSR count). The van der Waals surface area contributed by atoms with Crippen LogP contribution in [-0.4, -0.2) is 34.4 Å². The summed E-state index contributed by atoms with van der Waals surface area (Å²) < 4.78 is 4.92. The Hall–Kier alpha value is -1.53. The second kappa shape index (κ2) is 7.16. The summed E-state index contributed by atoms with van der Waals surface area (Å²) in [5.74, 6) is 1.32. The van der Waals surface area contributed by atoms with Gasteiger partial charge in [0.2, 0.25) is 11.2 Å². The lowest BCUT2D eigenvalue weighted by Gasteiger charge is -2.06. The molecular formula is C12H13ClN4OS. The predicted octanol–water partition coefficient (Wildman–Crippen LogP) is 2.74. The molecule has 0 aliphatic carbocycles. The first kappa shape index (κ1) is 13.9. The molecule has 2 aromatic rings. The van der Waals surface area contributed by atoms with E-state index in [9.17, 15) is 0 Å². The maximum absolute atomic E-state index is 5.75. The van der Waals surface area contributed by atoms with Gasteiger partial charge in [0.05, 0.1) is 7.11 Å². The van der Waals surface area contributed by atoms with Gasteiger partial charge in [-0.3, -0.25) is 0 Å². The van der Waals surface area contributed by atoms with E-state index in [1.54, 1.807) is 11.8 Å². The minimum absolute atomic E-state index is 0.116. The SMILES string of the molecule is COc1nc(Cl)nc(NCCSc2ccccc2)n1. The van der Waals surface area contributed by atoms with E-state index < -0.39 is 0 Å². The number of methoxy groups -OCH3 is 1. The van der Waals surface area contributed by atoms with E-state index in [1.807, 2.05) is 18.2 Å². The normalized spacial score (nSPS) is 10.2. The molecule has 0 fully saturated rings. The molecule has 0 aliphatic rings. The lowest BCUT2D eigenvalue weighted by molar-refractivity contribution is 0.379. The Morgan fingerprint density at radius 2 is 2.00 bits per heavy atom. The second-order valence-electron chi connectivity index (χ2n) is 3.50. The van der Waals surface area contributed by atoms with Crippen LogP contribution >= 0.6 is 23.4 Å². The number of anilines is 1. The van der Waals surface area contributed by atoms with Gasteiger partial charge in [-0.15, -0.1) is 11.8 Å². The first-order valence-corrected chi connectivity index (χ1v) is 7.01. The first-order valence-electron chi connectivity index (χ1n) is 5.65. The molecule has 0 atom stereocenters. The van der Waals surface area contributed by atoms with E-state index in [-0.39, 0.29) is 11.3 Å². The van der Waals surface area contributed by atoms with E-state index in [4.69, 9.17) is 16.3 Å². The maximum atomic E-state index is 5.75. The maximum Gasteiger partial charge on any atom is 0.322 e. The molecule has 0 spiro atoms. The van der Waals surface area contributed by atoms with Crippen LogP contribution in [0.25, 0.3) is 0 Å². The number of hydrogen-bond donors (Lipinski definition) is 1. The molecule has 19 heavy (non-hydrogen) atoms. The highest BCUT2D eigenvalue weighted by atomic mass is 35.5. The van der Waals surface area contributed by atoms with Crippen molar-refractivity contribution in [3.63, 3.8) is 0 Å². The van der Waals surface area contributed by atoms with Crippen molar-refractivity contribution in [2.45, 2.75) is 4.90 Å². The quantitative estimate of drug-likeness (QED) is 0.653. The summed E-state index contributed by atoms with van der Waals surface area (Å²) in [4.78, 5) is 13.1. The Kier molecular flexibility index (Phi) is 5.23. The van der Waals surface area contributed by atoms with E-state index in [1.165, 1.54) is 12.0 Å². The van der Waals surface area contributed by atoms with Gasteiger partial charge in [-0.25, -0.2) is 0 Å². The third kappa shape index (κ3) is 4.57. The lowest BCUT2D eigenvalue weighted by atomic mass is 10.4. The molecule has 1 N–H and O–H groups in total. The van der Waals surface area contributed by atoms with Crippen molar-refractivity contribution < 1.29 is 4.74 Å². The lowest BCUT2D eigenvalue weighted by Crippen LogP contribution is -2.09. The summed E-state index contributed by atoms with van der Waals surface area (Å²) in [7, 11) is 1.49. The van der Waals surface area contributed by atoms with Crippen molar-refractivity contribution in [1.82, 2.24) is 15.0 Å². The summed E-state index contributed by atoms with van der Waals surface area (Å²) in [6.07, 6.45) is 0. The summed E-state index contributed by atoms with van der Waals surface area (Å²) in [5, 5.41) is 3.20.